The van der Waals surface area contributed by atoms with Crippen LogP contribution < -0.4 is 5.32 Å². The molecule has 1 atom stereocenters. The first-order valence-corrected chi connectivity index (χ1v) is 10.6. The number of rotatable bonds is 5. The molecule has 1 aliphatic heterocycles. The normalized spacial score (nSPS) is 17.9. The number of nitrogens with zero attached hydrogens (tertiary/aromatic N) is 3. The fourth-order valence-corrected chi connectivity index (χ4v) is 5.17. The van der Waals surface area contributed by atoms with Crippen molar-refractivity contribution in [2.45, 2.75) is 30.0 Å². The van der Waals surface area contributed by atoms with Crippen LogP contribution in [0.2, 0.25) is 0 Å². The van der Waals surface area contributed by atoms with Crippen LogP contribution in [0.15, 0.2) is 59.6 Å². The van der Waals surface area contributed by atoms with Crippen molar-refractivity contribution in [3.05, 3.63) is 66.0 Å². The summed E-state index contributed by atoms with van der Waals surface area (Å²) in [5.41, 5.74) is -0.441. The van der Waals surface area contributed by atoms with Crippen LogP contribution >= 0.6 is 0 Å². The molecule has 1 aliphatic rings. The lowest BCUT2D eigenvalue weighted by molar-refractivity contribution is -0.137. The summed E-state index contributed by atoms with van der Waals surface area (Å²) in [5.74, 6) is 1.04. The lowest BCUT2D eigenvalue weighted by Gasteiger charge is -2.23. The van der Waals surface area contributed by atoms with E-state index in [1.165, 1.54) is 10.4 Å². The molecule has 1 saturated heterocycles. The largest absolute Gasteiger partial charge is 0.416 e. The summed E-state index contributed by atoms with van der Waals surface area (Å²) in [6.45, 7) is 0.214. The number of benzene rings is 1. The van der Waals surface area contributed by atoms with E-state index in [9.17, 15) is 21.6 Å². The van der Waals surface area contributed by atoms with Crippen molar-refractivity contribution in [3.63, 3.8) is 0 Å². The van der Waals surface area contributed by atoms with Crippen LogP contribution in [0.25, 0.3) is 0 Å². The van der Waals surface area contributed by atoms with Gasteiger partial charge < -0.3 is 5.32 Å². The topological polar surface area (TPSA) is 91.0 Å². The molecule has 1 fully saturated rings. The van der Waals surface area contributed by atoms with E-state index in [0.717, 1.165) is 12.1 Å². The first kappa shape index (κ1) is 20.4. The lowest BCUT2D eigenvalue weighted by Crippen LogP contribution is -2.31. The number of anilines is 2. The molecule has 0 amide bonds. The highest BCUT2D eigenvalue weighted by Crippen LogP contribution is 2.38. The number of hydrogen-bond donors (Lipinski definition) is 2. The lowest BCUT2D eigenvalue weighted by atomic mass is 10.2. The third-order valence-electron chi connectivity index (χ3n) is 4.85. The van der Waals surface area contributed by atoms with E-state index in [1.54, 1.807) is 24.4 Å². The van der Waals surface area contributed by atoms with Crippen molar-refractivity contribution in [2.75, 3.05) is 11.9 Å². The molecule has 158 valence electrons. The SMILES string of the molecule is O=S(=O)(c1cccc(C(F)(F)F)c1)N1CCCC1c1cc(Nc2ccccn2)n[nH]1. The maximum Gasteiger partial charge on any atom is 0.416 e. The maximum absolute atomic E-state index is 13.1. The van der Waals surface area contributed by atoms with Crippen molar-refractivity contribution in [2.24, 2.45) is 0 Å². The summed E-state index contributed by atoms with van der Waals surface area (Å²) < 4.78 is 66.5. The van der Waals surface area contributed by atoms with E-state index in [4.69, 9.17) is 0 Å². The summed E-state index contributed by atoms with van der Waals surface area (Å²) in [7, 11) is -4.12. The van der Waals surface area contributed by atoms with Gasteiger partial charge in [0.05, 0.1) is 22.2 Å². The zero-order chi connectivity index (χ0) is 21.4. The number of H-pyrrole nitrogens is 1. The molecular weight excluding hydrogens is 419 g/mol. The predicted octanol–water partition coefficient (Wildman–Crippen LogP) is 4.09. The van der Waals surface area contributed by atoms with Gasteiger partial charge in [-0.15, -0.1) is 0 Å². The van der Waals surface area contributed by atoms with Crippen LogP contribution in [-0.2, 0) is 16.2 Å². The van der Waals surface area contributed by atoms with Crippen LogP contribution in [0.5, 0.6) is 0 Å². The molecule has 0 radical (unpaired) electrons. The minimum atomic E-state index is -4.62. The van der Waals surface area contributed by atoms with E-state index in [1.807, 2.05) is 6.07 Å². The van der Waals surface area contributed by atoms with Crippen molar-refractivity contribution in [1.29, 1.82) is 0 Å². The molecule has 1 unspecified atom stereocenters. The van der Waals surface area contributed by atoms with E-state index in [0.29, 0.717) is 36.2 Å². The average Bonchev–Trinajstić information content (AvgIpc) is 3.38. The minimum absolute atomic E-state index is 0.214. The Morgan fingerprint density at radius 1 is 1.10 bits per heavy atom. The van der Waals surface area contributed by atoms with Crippen molar-refractivity contribution in [3.8, 4) is 0 Å². The molecule has 7 nitrogen and oxygen atoms in total. The van der Waals surface area contributed by atoms with Gasteiger partial charge in [-0.3, -0.25) is 5.10 Å². The molecule has 0 spiro atoms. The molecule has 30 heavy (non-hydrogen) atoms. The fourth-order valence-electron chi connectivity index (χ4n) is 3.45. The monoisotopic (exact) mass is 437 g/mol. The highest BCUT2D eigenvalue weighted by atomic mass is 32.2. The van der Waals surface area contributed by atoms with Crippen molar-refractivity contribution < 1.29 is 21.6 Å². The summed E-state index contributed by atoms with van der Waals surface area (Å²) in [6, 6.07) is 10.3. The van der Waals surface area contributed by atoms with Crippen LogP contribution in [0.3, 0.4) is 0 Å². The predicted molar refractivity (Wildman–Crippen MR) is 103 cm³/mol. The Bertz CT molecular complexity index is 1130. The van der Waals surface area contributed by atoms with E-state index < -0.39 is 27.8 Å². The first-order valence-electron chi connectivity index (χ1n) is 9.17. The molecule has 11 heteroatoms. The molecule has 3 aromatic rings. The molecule has 1 aromatic carbocycles. The van der Waals surface area contributed by atoms with Crippen LogP contribution in [-0.4, -0.2) is 34.4 Å². The molecule has 2 N–H and O–H groups in total. The van der Waals surface area contributed by atoms with Gasteiger partial charge in [-0.2, -0.15) is 22.6 Å². The van der Waals surface area contributed by atoms with Crippen LogP contribution in [0.1, 0.15) is 30.1 Å². The third kappa shape index (κ3) is 4.03. The van der Waals surface area contributed by atoms with Gasteiger partial charge in [-0.25, -0.2) is 13.4 Å². The van der Waals surface area contributed by atoms with Gasteiger partial charge in [-0.1, -0.05) is 12.1 Å². The number of sulfonamides is 1. The van der Waals surface area contributed by atoms with Gasteiger partial charge in [0, 0.05) is 18.8 Å². The highest BCUT2D eigenvalue weighted by Gasteiger charge is 2.38. The van der Waals surface area contributed by atoms with Gasteiger partial charge in [0.2, 0.25) is 10.0 Å². The summed E-state index contributed by atoms with van der Waals surface area (Å²) in [6.07, 6.45) is -1.88. The second-order valence-corrected chi connectivity index (χ2v) is 8.74. The third-order valence-corrected chi connectivity index (χ3v) is 6.75. The Kier molecular flexibility index (Phi) is 5.24. The van der Waals surface area contributed by atoms with Crippen LogP contribution in [0, 0.1) is 0 Å². The molecule has 4 rings (SSSR count). The number of halogens is 3. The number of alkyl halides is 3. The van der Waals surface area contributed by atoms with Gasteiger partial charge >= 0.3 is 6.18 Å². The molecule has 0 bridgehead atoms. The second-order valence-electron chi connectivity index (χ2n) is 6.85. The fraction of sp³-hybridized carbons (Fsp3) is 0.263. The molecular formula is C19H18F3N5O2S. The molecule has 3 heterocycles. The summed E-state index contributed by atoms with van der Waals surface area (Å²) in [5, 5.41) is 9.99. The zero-order valence-electron chi connectivity index (χ0n) is 15.6. The Labute approximate surface area is 171 Å². The van der Waals surface area contributed by atoms with Gasteiger partial charge in [0.25, 0.3) is 0 Å². The zero-order valence-corrected chi connectivity index (χ0v) is 16.4. The molecule has 0 aliphatic carbocycles. The van der Waals surface area contributed by atoms with Gasteiger partial charge in [0.15, 0.2) is 5.82 Å². The quantitative estimate of drug-likeness (QED) is 0.627. The van der Waals surface area contributed by atoms with Crippen molar-refractivity contribution >= 4 is 21.7 Å². The van der Waals surface area contributed by atoms with Crippen molar-refractivity contribution in [1.82, 2.24) is 19.5 Å². The Morgan fingerprint density at radius 2 is 1.93 bits per heavy atom. The Morgan fingerprint density at radius 3 is 2.67 bits per heavy atom. The number of aromatic amines is 1. The number of nitrogens with one attached hydrogen (secondary N) is 2. The first-order chi connectivity index (χ1) is 14.2. The molecule has 2 aromatic heterocycles. The summed E-state index contributed by atoms with van der Waals surface area (Å²) >= 11 is 0. The minimum Gasteiger partial charge on any atom is -0.323 e. The summed E-state index contributed by atoms with van der Waals surface area (Å²) in [4.78, 5) is 3.76. The smallest absolute Gasteiger partial charge is 0.323 e. The number of aromatic nitrogens is 3. The Balaban J connectivity index is 1.59. The number of pyridine rings is 1. The maximum atomic E-state index is 13.1. The van der Waals surface area contributed by atoms with Gasteiger partial charge in [0.1, 0.15) is 5.82 Å². The average molecular weight is 437 g/mol. The number of hydrogen-bond acceptors (Lipinski definition) is 5. The van der Waals surface area contributed by atoms with E-state index >= 15 is 0 Å². The highest BCUT2D eigenvalue weighted by molar-refractivity contribution is 7.89. The van der Waals surface area contributed by atoms with Gasteiger partial charge in [-0.05, 0) is 43.2 Å². The second kappa shape index (κ2) is 7.73. The Hall–Kier alpha value is -2.92. The standard InChI is InChI=1S/C19H18F3N5O2S/c20-19(21,22)13-5-3-6-14(11-13)30(28,29)27-10-4-7-16(27)15-12-18(26-25-15)24-17-8-1-2-9-23-17/h1-3,5-6,8-9,11-12,16H,4,7,10H2,(H2,23,24,25,26). The van der Waals surface area contributed by atoms with E-state index in [-0.39, 0.29) is 11.4 Å². The van der Waals surface area contributed by atoms with Crippen LogP contribution in [0.4, 0.5) is 24.8 Å². The van der Waals surface area contributed by atoms with E-state index in [2.05, 4.69) is 20.5 Å². The molecule has 0 saturated carbocycles.